The molecule has 0 fully saturated rings. The number of aromatic amines is 1. The summed E-state index contributed by atoms with van der Waals surface area (Å²) in [7, 11) is 0. The van der Waals surface area contributed by atoms with Gasteiger partial charge in [-0.05, 0) is 36.4 Å². The summed E-state index contributed by atoms with van der Waals surface area (Å²) in [6.07, 6.45) is 1.90. The van der Waals surface area contributed by atoms with Gasteiger partial charge in [-0.1, -0.05) is 22.0 Å². The van der Waals surface area contributed by atoms with E-state index in [1.54, 1.807) is 12.1 Å². The van der Waals surface area contributed by atoms with Crippen molar-refractivity contribution < 1.29 is 9.84 Å². The summed E-state index contributed by atoms with van der Waals surface area (Å²) in [6.45, 7) is 0.458. The van der Waals surface area contributed by atoms with Crippen LogP contribution in [0.25, 0.3) is 10.9 Å². The van der Waals surface area contributed by atoms with Gasteiger partial charge in [0.2, 0.25) is 0 Å². The zero-order valence-corrected chi connectivity index (χ0v) is 11.6. The van der Waals surface area contributed by atoms with Crippen LogP contribution >= 0.6 is 15.9 Å². The Kier molecular flexibility index (Phi) is 3.17. The molecule has 4 heteroatoms. The number of phenols is 1. The Hall–Kier alpha value is -1.94. The van der Waals surface area contributed by atoms with Crippen LogP contribution in [0.1, 0.15) is 5.56 Å². The average Bonchev–Trinajstić information content (AvgIpc) is 2.79. The lowest BCUT2D eigenvalue weighted by Crippen LogP contribution is -1.94. The third-order valence-electron chi connectivity index (χ3n) is 2.94. The zero-order valence-electron chi connectivity index (χ0n) is 10.1. The summed E-state index contributed by atoms with van der Waals surface area (Å²) in [6, 6.07) is 13.0. The summed E-state index contributed by atoms with van der Waals surface area (Å²) in [5.41, 5.74) is 2.01. The molecule has 19 heavy (non-hydrogen) atoms. The van der Waals surface area contributed by atoms with Gasteiger partial charge in [-0.3, -0.25) is 0 Å². The second-order valence-corrected chi connectivity index (χ2v) is 5.21. The van der Waals surface area contributed by atoms with E-state index in [2.05, 4.69) is 20.9 Å². The van der Waals surface area contributed by atoms with Crippen LogP contribution in [0, 0.1) is 0 Å². The summed E-state index contributed by atoms with van der Waals surface area (Å²) < 4.78 is 6.74. The van der Waals surface area contributed by atoms with Crippen LogP contribution in [-0.2, 0) is 6.61 Å². The van der Waals surface area contributed by atoms with E-state index >= 15 is 0 Å². The van der Waals surface area contributed by atoms with Gasteiger partial charge in [0, 0.05) is 27.1 Å². The molecule has 0 amide bonds. The lowest BCUT2D eigenvalue weighted by molar-refractivity contribution is 0.307. The van der Waals surface area contributed by atoms with Crippen LogP contribution in [0.3, 0.4) is 0 Å². The van der Waals surface area contributed by atoms with Crippen molar-refractivity contribution in [2.75, 3.05) is 0 Å². The molecule has 0 radical (unpaired) electrons. The minimum Gasteiger partial charge on any atom is -0.508 e. The fourth-order valence-electron chi connectivity index (χ4n) is 2.00. The van der Waals surface area contributed by atoms with Crippen molar-refractivity contribution in [2.24, 2.45) is 0 Å². The number of phenolic OH excluding ortho intramolecular Hbond substituents is 1. The quantitative estimate of drug-likeness (QED) is 0.759. The molecule has 0 saturated carbocycles. The summed E-state index contributed by atoms with van der Waals surface area (Å²) in [4.78, 5) is 3.16. The van der Waals surface area contributed by atoms with Gasteiger partial charge in [-0.15, -0.1) is 0 Å². The first-order valence-corrected chi connectivity index (χ1v) is 6.69. The van der Waals surface area contributed by atoms with E-state index in [-0.39, 0.29) is 5.75 Å². The molecule has 0 bridgehead atoms. The maximum Gasteiger partial charge on any atom is 0.120 e. The summed E-state index contributed by atoms with van der Waals surface area (Å²) >= 11 is 3.41. The minimum absolute atomic E-state index is 0.260. The van der Waals surface area contributed by atoms with Gasteiger partial charge >= 0.3 is 0 Å². The number of H-pyrrole nitrogens is 1. The van der Waals surface area contributed by atoms with Crippen molar-refractivity contribution in [1.29, 1.82) is 0 Å². The van der Waals surface area contributed by atoms with E-state index in [9.17, 15) is 5.11 Å². The molecule has 3 nitrogen and oxygen atoms in total. The van der Waals surface area contributed by atoms with Crippen LogP contribution in [0.2, 0.25) is 0 Å². The van der Waals surface area contributed by atoms with Gasteiger partial charge in [0.05, 0.1) is 0 Å². The van der Waals surface area contributed by atoms with Gasteiger partial charge in [0.1, 0.15) is 18.1 Å². The Labute approximate surface area is 119 Å². The summed E-state index contributed by atoms with van der Waals surface area (Å²) in [5.74, 6) is 1.07. The normalized spacial score (nSPS) is 10.8. The lowest BCUT2D eigenvalue weighted by atomic mass is 10.2. The highest BCUT2D eigenvalue weighted by Gasteiger charge is 2.05. The molecule has 0 spiro atoms. The van der Waals surface area contributed by atoms with E-state index in [0.717, 1.165) is 26.7 Å². The molecule has 1 heterocycles. The molecule has 0 aliphatic carbocycles. The molecule has 2 aromatic carbocycles. The molecular formula is C15H12BrNO2. The van der Waals surface area contributed by atoms with Gasteiger partial charge in [-0.25, -0.2) is 0 Å². The van der Waals surface area contributed by atoms with Crippen LogP contribution < -0.4 is 4.74 Å². The fourth-order valence-corrected chi connectivity index (χ4v) is 2.38. The SMILES string of the molecule is Oc1ccc2[nH]cc(COc3cccc(Br)c3)c2c1. The third-order valence-corrected chi connectivity index (χ3v) is 3.43. The van der Waals surface area contributed by atoms with Gasteiger partial charge < -0.3 is 14.8 Å². The maximum absolute atomic E-state index is 9.53. The number of ether oxygens (including phenoxy) is 1. The van der Waals surface area contributed by atoms with Crippen LogP contribution in [-0.4, -0.2) is 10.1 Å². The van der Waals surface area contributed by atoms with Crippen molar-refractivity contribution in [3.05, 3.63) is 58.7 Å². The van der Waals surface area contributed by atoms with Crippen molar-refractivity contribution >= 4 is 26.8 Å². The molecule has 3 rings (SSSR count). The highest BCUT2D eigenvalue weighted by Crippen LogP contribution is 2.25. The number of aromatic nitrogens is 1. The number of halogens is 1. The molecular weight excluding hydrogens is 306 g/mol. The molecule has 0 atom stereocenters. The third kappa shape index (κ3) is 2.58. The monoisotopic (exact) mass is 317 g/mol. The second-order valence-electron chi connectivity index (χ2n) is 4.29. The van der Waals surface area contributed by atoms with Crippen LogP contribution in [0.15, 0.2) is 53.1 Å². The molecule has 0 unspecified atom stereocenters. The number of nitrogens with one attached hydrogen (secondary N) is 1. The van der Waals surface area contributed by atoms with Gasteiger partial charge in [0.25, 0.3) is 0 Å². The number of hydrogen-bond donors (Lipinski definition) is 2. The minimum atomic E-state index is 0.260. The Morgan fingerprint density at radius 3 is 2.89 bits per heavy atom. The van der Waals surface area contributed by atoms with Gasteiger partial charge in [0.15, 0.2) is 0 Å². The van der Waals surface area contributed by atoms with Crippen LogP contribution in [0.5, 0.6) is 11.5 Å². The van der Waals surface area contributed by atoms with E-state index in [1.165, 1.54) is 0 Å². The second kappa shape index (κ2) is 4.97. The number of rotatable bonds is 3. The van der Waals surface area contributed by atoms with E-state index in [0.29, 0.717) is 6.61 Å². The summed E-state index contributed by atoms with van der Waals surface area (Å²) in [5, 5.41) is 10.5. The molecule has 0 aliphatic rings. The Morgan fingerprint density at radius 2 is 2.05 bits per heavy atom. The van der Waals surface area contributed by atoms with E-state index in [4.69, 9.17) is 4.74 Å². The van der Waals surface area contributed by atoms with E-state index in [1.807, 2.05) is 36.5 Å². The molecule has 0 saturated heterocycles. The molecule has 1 aromatic heterocycles. The molecule has 2 N–H and O–H groups in total. The predicted octanol–water partition coefficient (Wildman–Crippen LogP) is 4.22. The molecule has 96 valence electrons. The highest BCUT2D eigenvalue weighted by atomic mass is 79.9. The standard InChI is InChI=1S/C15H12BrNO2/c16-11-2-1-3-13(6-11)19-9-10-8-17-15-5-4-12(18)7-14(10)15/h1-8,17-18H,9H2. The number of benzene rings is 2. The maximum atomic E-state index is 9.53. The predicted molar refractivity (Wildman–Crippen MR) is 78.4 cm³/mol. The Balaban J connectivity index is 1.84. The van der Waals surface area contributed by atoms with Crippen molar-refractivity contribution in [1.82, 2.24) is 4.98 Å². The molecule has 3 aromatic rings. The number of fused-ring (bicyclic) bond motifs is 1. The lowest BCUT2D eigenvalue weighted by Gasteiger charge is -2.05. The Morgan fingerprint density at radius 1 is 1.16 bits per heavy atom. The smallest absolute Gasteiger partial charge is 0.120 e. The van der Waals surface area contributed by atoms with Crippen molar-refractivity contribution in [3.63, 3.8) is 0 Å². The Bertz CT molecular complexity index is 721. The number of aromatic hydroxyl groups is 1. The number of hydrogen-bond acceptors (Lipinski definition) is 2. The van der Waals surface area contributed by atoms with Crippen molar-refractivity contribution in [3.8, 4) is 11.5 Å². The largest absolute Gasteiger partial charge is 0.508 e. The highest BCUT2D eigenvalue weighted by molar-refractivity contribution is 9.10. The van der Waals surface area contributed by atoms with Crippen LogP contribution in [0.4, 0.5) is 0 Å². The zero-order chi connectivity index (χ0) is 13.2. The first-order chi connectivity index (χ1) is 9.22. The first kappa shape index (κ1) is 12.1. The molecule has 0 aliphatic heterocycles. The average molecular weight is 318 g/mol. The van der Waals surface area contributed by atoms with Gasteiger partial charge in [-0.2, -0.15) is 0 Å². The van der Waals surface area contributed by atoms with Crippen molar-refractivity contribution in [2.45, 2.75) is 6.61 Å². The van der Waals surface area contributed by atoms with E-state index < -0.39 is 0 Å². The topological polar surface area (TPSA) is 45.2 Å². The first-order valence-electron chi connectivity index (χ1n) is 5.90. The fraction of sp³-hybridized carbons (Fsp3) is 0.0667.